The molecule has 134 valence electrons. The third kappa shape index (κ3) is 3.34. The number of aromatic nitrogens is 1. The maximum atomic E-state index is 12.9. The van der Waals surface area contributed by atoms with Crippen LogP contribution in [0.15, 0.2) is 48.5 Å². The number of carbonyl (C=O) groups excluding carboxylic acids is 2. The average molecular weight is 349 g/mol. The Kier molecular flexibility index (Phi) is 4.45. The Morgan fingerprint density at radius 2 is 1.92 bits per heavy atom. The standard InChI is InChI=1S/C21H23N3O2/c1-14-7-5-11-19(22-14)23-20(25)18-10-6-12-24(18)21(26)17-13-16(17)15-8-3-2-4-9-15/h2-5,7-9,11,16-18H,6,10,12-13H2,1H3,(H,22,23,25)/t16-,17+,18+/m1/s1. The minimum Gasteiger partial charge on any atom is -0.330 e. The zero-order valence-electron chi connectivity index (χ0n) is 14.9. The summed E-state index contributed by atoms with van der Waals surface area (Å²) in [5.74, 6) is 0.844. The van der Waals surface area contributed by atoms with Crippen molar-refractivity contribution in [1.82, 2.24) is 9.88 Å². The summed E-state index contributed by atoms with van der Waals surface area (Å²) >= 11 is 0. The molecule has 2 fully saturated rings. The van der Waals surface area contributed by atoms with E-state index < -0.39 is 0 Å². The first-order valence-corrected chi connectivity index (χ1v) is 9.23. The molecule has 0 radical (unpaired) electrons. The second-order valence-corrected chi connectivity index (χ2v) is 7.20. The Bertz CT molecular complexity index is 821. The van der Waals surface area contributed by atoms with E-state index in [1.807, 2.05) is 37.3 Å². The van der Waals surface area contributed by atoms with E-state index in [4.69, 9.17) is 0 Å². The highest BCUT2D eigenvalue weighted by atomic mass is 16.2. The highest BCUT2D eigenvalue weighted by Gasteiger charge is 2.48. The summed E-state index contributed by atoms with van der Waals surface area (Å²) in [6, 6.07) is 15.3. The van der Waals surface area contributed by atoms with E-state index in [-0.39, 0.29) is 23.8 Å². The molecule has 1 aliphatic heterocycles. The van der Waals surface area contributed by atoms with Gasteiger partial charge in [-0.2, -0.15) is 0 Å². The maximum Gasteiger partial charge on any atom is 0.248 e. The summed E-state index contributed by atoms with van der Waals surface area (Å²) in [4.78, 5) is 31.7. The molecule has 0 spiro atoms. The van der Waals surface area contributed by atoms with E-state index in [2.05, 4.69) is 22.4 Å². The number of nitrogens with zero attached hydrogens (tertiary/aromatic N) is 2. The largest absolute Gasteiger partial charge is 0.330 e. The molecule has 3 atom stereocenters. The normalized spacial score (nSPS) is 24.3. The van der Waals surface area contributed by atoms with Crippen LogP contribution in [0.5, 0.6) is 0 Å². The highest BCUT2D eigenvalue weighted by molar-refractivity contribution is 5.97. The molecule has 1 saturated carbocycles. The Balaban J connectivity index is 1.42. The van der Waals surface area contributed by atoms with Crippen LogP contribution in [0.4, 0.5) is 5.82 Å². The van der Waals surface area contributed by atoms with Crippen molar-refractivity contribution in [2.75, 3.05) is 11.9 Å². The average Bonchev–Trinajstić information content (AvgIpc) is 3.29. The van der Waals surface area contributed by atoms with Crippen molar-refractivity contribution >= 4 is 17.6 Å². The Morgan fingerprint density at radius 3 is 2.69 bits per heavy atom. The van der Waals surface area contributed by atoms with Crippen LogP contribution in [0.2, 0.25) is 0 Å². The number of rotatable bonds is 4. The van der Waals surface area contributed by atoms with Crippen molar-refractivity contribution in [3.05, 3.63) is 59.8 Å². The zero-order chi connectivity index (χ0) is 18.1. The fraction of sp³-hybridized carbons (Fsp3) is 0.381. The molecule has 26 heavy (non-hydrogen) atoms. The molecule has 1 aromatic carbocycles. The van der Waals surface area contributed by atoms with Crippen molar-refractivity contribution in [2.45, 2.75) is 38.1 Å². The number of hydrogen-bond donors (Lipinski definition) is 1. The number of carbonyl (C=O) groups is 2. The predicted octanol–water partition coefficient (Wildman–Crippen LogP) is 3.12. The first-order valence-electron chi connectivity index (χ1n) is 9.23. The minimum absolute atomic E-state index is 0.0166. The van der Waals surface area contributed by atoms with Crippen LogP contribution in [-0.4, -0.2) is 34.3 Å². The molecule has 2 aliphatic rings. The Hall–Kier alpha value is -2.69. The molecule has 2 aromatic rings. The van der Waals surface area contributed by atoms with Gasteiger partial charge in [-0.3, -0.25) is 9.59 Å². The second-order valence-electron chi connectivity index (χ2n) is 7.20. The number of benzene rings is 1. The molecule has 0 bridgehead atoms. The molecule has 4 rings (SSSR count). The van der Waals surface area contributed by atoms with Gasteiger partial charge >= 0.3 is 0 Å². The molecule has 2 heterocycles. The van der Waals surface area contributed by atoms with Crippen molar-refractivity contribution in [1.29, 1.82) is 0 Å². The molecule has 1 aliphatic carbocycles. The number of amides is 2. The zero-order valence-corrected chi connectivity index (χ0v) is 14.9. The lowest BCUT2D eigenvalue weighted by Gasteiger charge is -2.24. The number of aryl methyl sites for hydroxylation is 1. The van der Waals surface area contributed by atoms with Crippen LogP contribution < -0.4 is 5.32 Å². The highest BCUT2D eigenvalue weighted by Crippen LogP contribution is 2.49. The monoisotopic (exact) mass is 349 g/mol. The van der Waals surface area contributed by atoms with Crippen molar-refractivity contribution in [2.24, 2.45) is 5.92 Å². The smallest absolute Gasteiger partial charge is 0.248 e. The second kappa shape index (κ2) is 6.90. The van der Waals surface area contributed by atoms with E-state index in [9.17, 15) is 9.59 Å². The van der Waals surface area contributed by atoms with Crippen LogP contribution in [-0.2, 0) is 9.59 Å². The van der Waals surface area contributed by atoms with Gasteiger partial charge < -0.3 is 10.2 Å². The SMILES string of the molecule is Cc1cccc(NC(=O)[C@@H]2CCCN2C(=O)[C@H]2C[C@@H]2c2ccccc2)n1. The number of pyridine rings is 1. The summed E-state index contributed by atoms with van der Waals surface area (Å²) in [5, 5.41) is 2.87. The first-order chi connectivity index (χ1) is 12.6. The Labute approximate surface area is 153 Å². The first kappa shape index (κ1) is 16.8. The van der Waals surface area contributed by atoms with Crippen molar-refractivity contribution in [3.8, 4) is 0 Å². The topological polar surface area (TPSA) is 62.3 Å². The minimum atomic E-state index is -0.387. The number of anilines is 1. The van der Waals surface area contributed by atoms with Crippen LogP contribution in [0.25, 0.3) is 0 Å². The summed E-state index contributed by atoms with van der Waals surface area (Å²) in [7, 11) is 0. The van der Waals surface area contributed by atoms with Gasteiger partial charge in [-0.1, -0.05) is 36.4 Å². The van der Waals surface area contributed by atoms with Gasteiger partial charge in [0, 0.05) is 18.2 Å². The van der Waals surface area contributed by atoms with Crippen LogP contribution >= 0.6 is 0 Å². The molecule has 1 aromatic heterocycles. The van der Waals surface area contributed by atoms with Crippen molar-refractivity contribution < 1.29 is 9.59 Å². The third-order valence-corrected chi connectivity index (χ3v) is 5.31. The van der Waals surface area contributed by atoms with Crippen LogP contribution in [0.3, 0.4) is 0 Å². The van der Waals surface area contributed by atoms with Gasteiger partial charge in [0.1, 0.15) is 11.9 Å². The number of likely N-dealkylation sites (tertiary alicyclic amines) is 1. The number of nitrogens with one attached hydrogen (secondary N) is 1. The maximum absolute atomic E-state index is 12.9. The van der Waals surface area contributed by atoms with E-state index in [1.54, 1.807) is 11.0 Å². The quantitative estimate of drug-likeness (QED) is 0.922. The molecular weight excluding hydrogens is 326 g/mol. The third-order valence-electron chi connectivity index (χ3n) is 5.31. The lowest BCUT2D eigenvalue weighted by atomic mass is 10.1. The van der Waals surface area contributed by atoms with E-state index in [0.29, 0.717) is 24.7 Å². The molecule has 1 N–H and O–H groups in total. The molecule has 2 amide bonds. The lowest BCUT2D eigenvalue weighted by Crippen LogP contribution is -2.44. The van der Waals surface area contributed by atoms with E-state index in [1.165, 1.54) is 5.56 Å². The fourth-order valence-electron chi connectivity index (χ4n) is 3.87. The predicted molar refractivity (Wildman–Crippen MR) is 99.6 cm³/mol. The number of hydrogen-bond acceptors (Lipinski definition) is 3. The van der Waals surface area contributed by atoms with E-state index in [0.717, 1.165) is 18.5 Å². The Morgan fingerprint density at radius 1 is 1.12 bits per heavy atom. The molecule has 1 saturated heterocycles. The van der Waals surface area contributed by atoms with Crippen molar-refractivity contribution in [3.63, 3.8) is 0 Å². The summed E-state index contributed by atoms with van der Waals surface area (Å²) < 4.78 is 0. The fourth-order valence-corrected chi connectivity index (χ4v) is 3.87. The van der Waals surface area contributed by atoms with Crippen LogP contribution in [0, 0.1) is 12.8 Å². The van der Waals surface area contributed by atoms with E-state index >= 15 is 0 Å². The van der Waals surface area contributed by atoms with Gasteiger partial charge in [0.2, 0.25) is 11.8 Å². The van der Waals surface area contributed by atoms with Gasteiger partial charge in [-0.05, 0) is 49.8 Å². The molecular formula is C21H23N3O2. The van der Waals surface area contributed by atoms with Gasteiger partial charge in [-0.25, -0.2) is 4.98 Å². The van der Waals surface area contributed by atoms with Gasteiger partial charge in [0.15, 0.2) is 0 Å². The van der Waals surface area contributed by atoms with Crippen LogP contribution in [0.1, 0.15) is 36.4 Å². The summed E-state index contributed by atoms with van der Waals surface area (Å²) in [6.07, 6.45) is 2.47. The molecule has 5 nitrogen and oxygen atoms in total. The molecule has 0 unspecified atom stereocenters. The van der Waals surface area contributed by atoms with Gasteiger partial charge in [0.05, 0.1) is 0 Å². The summed E-state index contributed by atoms with van der Waals surface area (Å²) in [5.41, 5.74) is 2.07. The summed E-state index contributed by atoms with van der Waals surface area (Å²) in [6.45, 7) is 2.55. The lowest BCUT2D eigenvalue weighted by molar-refractivity contribution is -0.137. The molecule has 5 heteroatoms. The van der Waals surface area contributed by atoms with Gasteiger partial charge in [0.25, 0.3) is 0 Å². The van der Waals surface area contributed by atoms with Gasteiger partial charge in [-0.15, -0.1) is 0 Å².